The minimum atomic E-state index is -2.47. The Balaban J connectivity index is 1.71. The van der Waals surface area contributed by atoms with Gasteiger partial charge in [0.1, 0.15) is 35.9 Å². The fraction of sp³-hybridized carbons (Fsp3) is 0.439. The van der Waals surface area contributed by atoms with Gasteiger partial charge in [-0.2, -0.15) is 0 Å². The maximum atomic E-state index is 13.7. The van der Waals surface area contributed by atoms with Crippen LogP contribution in [0.1, 0.15) is 52.2 Å². The van der Waals surface area contributed by atoms with Crippen molar-refractivity contribution in [3.05, 3.63) is 70.1 Å². The summed E-state index contributed by atoms with van der Waals surface area (Å²) in [5.41, 5.74) is -0.0704. The maximum absolute atomic E-state index is 13.7. The molecular weight excluding hydrogens is 824 g/mol. The minimum Gasteiger partial charge on any atom is -0.497 e. The zero-order chi connectivity index (χ0) is 45.7. The van der Waals surface area contributed by atoms with Crippen LogP contribution in [-0.2, 0) is 84.5 Å². The molecule has 1 aliphatic heterocycles. The van der Waals surface area contributed by atoms with Gasteiger partial charge in [-0.3, -0.25) is 33.6 Å². The van der Waals surface area contributed by atoms with Crippen LogP contribution >= 0.6 is 0 Å². The third kappa shape index (κ3) is 13.3. The lowest BCUT2D eigenvalue weighted by atomic mass is 9.88. The summed E-state index contributed by atoms with van der Waals surface area (Å²) < 4.78 is 54.8. The molecule has 6 atom stereocenters. The Kier molecular flexibility index (Phi) is 16.6. The molecule has 1 saturated heterocycles. The monoisotopic (exact) mass is 870 g/mol. The Labute approximate surface area is 353 Å². The van der Waals surface area contributed by atoms with Crippen LogP contribution in [0.5, 0.6) is 11.5 Å². The number of methoxy groups -OCH3 is 2. The van der Waals surface area contributed by atoms with Crippen LogP contribution in [0.4, 0.5) is 0 Å². The number of esters is 6. The molecule has 1 fully saturated rings. The van der Waals surface area contributed by atoms with E-state index < -0.39 is 115 Å². The van der Waals surface area contributed by atoms with Gasteiger partial charge < -0.3 is 57.7 Å². The molecule has 4 rings (SSSR count). The van der Waals surface area contributed by atoms with E-state index in [-0.39, 0.29) is 23.5 Å². The molecular formula is C41H46N2O19. The summed E-state index contributed by atoms with van der Waals surface area (Å²) in [6.07, 6.45) is -7.95. The summed E-state index contributed by atoms with van der Waals surface area (Å²) in [5, 5.41) is 5.35. The van der Waals surface area contributed by atoms with Crippen molar-refractivity contribution in [3.63, 3.8) is 0 Å². The molecule has 4 unspecified atom stereocenters. The van der Waals surface area contributed by atoms with Crippen LogP contribution in [-0.4, -0.2) is 111 Å². The lowest BCUT2D eigenvalue weighted by Gasteiger charge is -2.48. The summed E-state index contributed by atoms with van der Waals surface area (Å²) in [5.74, 6) is -8.95. The summed E-state index contributed by atoms with van der Waals surface area (Å²) >= 11 is 0. The van der Waals surface area contributed by atoms with Gasteiger partial charge in [0.05, 0.1) is 46.3 Å². The van der Waals surface area contributed by atoms with Gasteiger partial charge in [-0.15, -0.1) is 0 Å². The van der Waals surface area contributed by atoms with Crippen molar-refractivity contribution < 1.29 is 85.4 Å². The van der Waals surface area contributed by atoms with Crippen LogP contribution in [0, 0.1) is 0 Å². The SMILES string of the molecule is COC(=O)C1(OCc2ccc(OC)cc2)CC(OC(C)=O)C(NC(=O)CNC(=O)Cc2cc(=O)oc3cc(OC(C)=O)ccc23)C([C@H](OC(C)=O)[C@H](COC(C)=O)OC(C)=O)O1. The summed E-state index contributed by atoms with van der Waals surface area (Å²) in [6, 6.07) is 10.2. The van der Waals surface area contributed by atoms with Crippen molar-refractivity contribution in [1.29, 1.82) is 0 Å². The summed E-state index contributed by atoms with van der Waals surface area (Å²) in [6.45, 7) is 3.50. The van der Waals surface area contributed by atoms with E-state index in [1.54, 1.807) is 24.3 Å². The van der Waals surface area contributed by atoms with E-state index in [0.717, 1.165) is 40.9 Å². The number of nitrogens with one attached hydrogen (secondary N) is 2. The average molecular weight is 871 g/mol. The molecule has 0 saturated carbocycles. The van der Waals surface area contributed by atoms with Gasteiger partial charge >= 0.3 is 41.4 Å². The molecule has 2 N–H and O–H groups in total. The minimum absolute atomic E-state index is 0.0238. The third-order valence-electron chi connectivity index (χ3n) is 8.94. The number of rotatable bonds is 18. The number of ether oxygens (including phenoxy) is 9. The topological polar surface area (TPSA) is 274 Å². The van der Waals surface area contributed by atoms with Crippen molar-refractivity contribution in [2.45, 2.75) is 90.3 Å². The first-order chi connectivity index (χ1) is 29.3. The highest BCUT2D eigenvalue weighted by Crippen LogP contribution is 2.38. The van der Waals surface area contributed by atoms with Crippen LogP contribution in [0.3, 0.4) is 0 Å². The number of carbonyl (C=O) groups excluding carboxylic acids is 8. The average Bonchev–Trinajstić information content (AvgIpc) is 3.19. The zero-order valence-electron chi connectivity index (χ0n) is 34.8. The van der Waals surface area contributed by atoms with Gasteiger partial charge in [-0.1, -0.05) is 12.1 Å². The first-order valence-corrected chi connectivity index (χ1v) is 18.8. The van der Waals surface area contributed by atoms with E-state index in [4.69, 9.17) is 47.0 Å². The molecule has 2 amide bonds. The van der Waals surface area contributed by atoms with Crippen molar-refractivity contribution in [2.24, 2.45) is 0 Å². The maximum Gasteiger partial charge on any atom is 0.366 e. The Morgan fingerprint density at radius 2 is 1.48 bits per heavy atom. The van der Waals surface area contributed by atoms with E-state index in [0.29, 0.717) is 16.7 Å². The molecule has 62 heavy (non-hydrogen) atoms. The number of fused-ring (bicyclic) bond motifs is 1. The highest BCUT2D eigenvalue weighted by atomic mass is 16.7. The van der Waals surface area contributed by atoms with Gasteiger partial charge in [0.25, 0.3) is 5.79 Å². The number of benzene rings is 2. The van der Waals surface area contributed by atoms with Gasteiger partial charge in [0.2, 0.25) is 11.8 Å². The van der Waals surface area contributed by atoms with E-state index in [9.17, 15) is 43.2 Å². The van der Waals surface area contributed by atoms with Gasteiger partial charge in [0.15, 0.2) is 12.2 Å². The third-order valence-corrected chi connectivity index (χ3v) is 8.94. The Morgan fingerprint density at radius 3 is 2.08 bits per heavy atom. The fourth-order valence-corrected chi connectivity index (χ4v) is 6.47. The summed E-state index contributed by atoms with van der Waals surface area (Å²) in [7, 11) is 2.49. The first-order valence-electron chi connectivity index (χ1n) is 18.8. The predicted molar refractivity (Wildman–Crippen MR) is 208 cm³/mol. The Hall–Kier alpha value is -6.87. The Bertz CT molecular complexity index is 2220. The van der Waals surface area contributed by atoms with Crippen LogP contribution in [0.25, 0.3) is 11.0 Å². The second-order valence-electron chi connectivity index (χ2n) is 13.7. The van der Waals surface area contributed by atoms with Crippen molar-refractivity contribution in [1.82, 2.24) is 10.6 Å². The number of hydrogen-bond acceptors (Lipinski definition) is 19. The van der Waals surface area contributed by atoms with E-state index in [1.807, 2.05) is 0 Å². The van der Waals surface area contributed by atoms with Gasteiger partial charge in [0, 0.05) is 52.1 Å². The fourth-order valence-electron chi connectivity index (χ4n) is 6.47. The molecule has 21 heteroatoms. The van der Waals surface area contributed by atoms with Crippen LogP contribution in [0.15, 0.2) is 57.7 Å². The van der Waals surface area contributed by atoms with Crippen LogP contribution < -0.4 is 25.7 Å². The highest BCUT2D eigenvalue weighted by Gasteiger charge is 2.59. The summed E-state index contributed by atoms with van der Waals surface area (Å²) in [4.78, 5) is 114. The quantitative estimate of drug-likeness (QED) is 0.0784. The molecule has 2 aromatic carbocycles. The molecule has 0 aliphatic carbocycles. The van der Waals surface area contributed by atoms with E-state index in [2.05, 4.69) is 10.6 Å². The second-order valence-corrected chi connectivity index (χ2v) is 13.7. The lowest BCUT2D eigenvalue weighted by molar-refractivity contribution is -0.317. The van der Waals surface area contributed by atoms with E-state index >= 15 is 0 Å². The molecule has 1 aromatic heterocycles. The second kappa shape index (κ2) is 21.6. The standard InChI is InChI=1S/C41H46N2O19/c1-21(44)55-20-33(59-24(4)47)38(60-25(5)48)39-37(32(58-23(3)46)17-41(62-39,40(52)54-7)56-19-26-8-10-28(53-6)11-9-26)43-35(50)18-42-34(49)14-27-15-36(51)61-31-16-29(57-22(2)45)12-13-30(27)31/h8-13,15-16,32-33,37-39H,14,17-20H2,1-7H3,(H,42,49)(H,43,50)/t32?,33-,37?,38+,39?,41?/m0/s1. The number of amides is 2. The molecule has 2 heterocycles. The molecule has 1 aliphatic rings. The molecule has 21 nitrogen and oxygen atoms in total. The highest BCUT2D eigenvalue weighted by molar-refractivity contribution is 5.90. The molecule has 334 valence electrons. The predicted octanol–water partition coefficient (Wildman–Crippen LogP) is 1.10. The van der Waals surface area contributed by atoms with E-state index in [1.165, 1.54) is 32.2 Å². The van der Waals surface area contributed by atoms with Crippen molar-refractivity contribution >= 4 is 58.6 Å². The Morgan fingerprint density at radius 1 is 0.806 bits per heavy atom. The smallest absolute Gasteiger partial charge is 0.366 e. The molecule has 3 aromatic rings. The lowest BCUT2D eigenvalue weighted by Crippen LogP contribution is -2.69. The number of hydrogen-bond donors (Lipinski definition) is 2. The van der Waals surface area contributed by atoms with Gasteiger partial charge in [-0.25, -0.2) is 9.59 Å². The van der Waals surface area contributed by atoms with Crippen LogP contribution in [0.2, 0.25) is 0 Å². The zero-order valence-corrected chi connectivity index (χ0v) is 34.8. The number of carbonyl (C=O) groups is 8. The van der Waals surface area contributed by atoms with Gasteiger partial charge in [-0.05, 0) is 35.4 Å². The molecule has 0 radical (unpaired) electrons. The molecule has 0 spiro atoms. The normalized spacial score (nSPS) is 19.1. The first kappa shape index (κ1) is 47.8. The van der Waals surface area contributed by atoms with Crippen molar-refractivity contribution in [2.75, 3.05) is 27.4 Å². The molecule has 0 bridgehead atoms. The van der Waals surface area contributed by atoms with Crippen molar-refractivity contribution in [3.8, 4) is 11.5 Å². The largest absolute Gasteiger partial charge is 0.497 e.